The van der Waals surface area contributed by atoms with E-state index in [2.05, 4.69) is 17.6 Å². The summed E-state index contributed by atoms with van der Waals surface area (Å²) in [4.78, 5) is 38.9. The number of piperidine rings is 1. The van der Waals surface area contributed by atoms with Crippen LogP contribution in [0.3, 0.4) is 0 Å². The molecule has 1 aromatic rings. The molecule has 1 saturated heterocycles. The number of nitrogens with zero attached hydrogens (tertiary/aromatic N) is 1. The molecule has 1 atom stereocenters. The fourth-order valence-corrected chi connectivity index (χ4v) is 3.57. The Morgan fingerprint density at radius 3 is 2.50 bits per heavy atom. The summed E-state index contributed by atoms with van der Waals surface area (Å²) in [5, 5.41) is 6.06. The van der Waals surface area contributed by atoms with E-state index in [9.17, 15) is 14.4 Å². The summed E-state index contributed by atoms with van der Waals surface area (Å²) < 4.78 is 0. The minimum Gasteiger partial charge on any atom is -0.356 e. The lowest BCUT2D eigenvalue weighted by Gasteiger charge is -2.33. The highest BCUT2D eigenvalue weighted by Gasteiger charge is 2.30. The third-order valence-electron chi connectivity index (χ3n) is 5.09. The Bertz CT molecular complexity index is 687. The molecule has 1 aliphatic heterocycles. The average molecular weight is 408 g/mol. The number of carbonyl (C=O) groups excluding carboxylic acids is 3. The first kappa shape index (κ1) is 22.2. The largest absolute Gasteiger partial charge is 0.356 e. The number of hydrogen-bond acceptors (Lipinski definition) is 3. The van der Waals surface area contributed by atoms with Gasteiger partial charge in [0.05, 0.1) is 10.6 Å². The van der Waals surface area contributed by atoms with Crippen LogP contribution in [0.2, 0.25) is 5.02 Å². The topological polar surface area (TPSA) is 78.5 Å². The molecule has 28 heavy (non-hydrogen) atoms. The van der Waals surface area contributed by atoms with E-state index in [1.165, 1.54) is 0 Å². The zero-order valence-corrected chi connectivity index (χ0v) is 17.4. The van der Waals surface area contributed by atoms with Crippen molar-refractivity contribution in [2.45, 2.75) is 52.0 Å². The van der Waals surface area contributed by atoms with Gasteiger partial charge in [-0.3, -0.25) is 14.4 Å². The van der Waals surface area contributed by atoms with Crippen LogP contribution in [0.1, 0.15) is 56.3 Å². The minimum absolute atomic E-state index is 0.0429. The standard InChI is InChI=1S/C21H30ClN3O3/c1-3-4-7-12-23-19(26)16-10-13-25(14-11-16)21(28)15(2)24-20(27)17-8-5-6-9-18(17)22/h5-6,8-9,15-16H,3-4,7,10-14H2,1-2H3,(H,23,26)(H,24,27). The van der Waals surface area contributed by atoms with E-state index in [0.29, 0.717) is 36.5 Å². The molecular formula is C21H30ClN3O3. The van der Waals surface area contributed by atoms with Gasteiger partial charge in [0.25, 0.3) is 5.91 Å². The van der Waals surface area contributed by atoms with Gasteiger partial charge in [0, 0.05) is 25.6 Å². The second-order valence-corrected chi connectivity index (χ2v) is 7.68. The number of halogens is 1. The smallest absolute Gasteiger partial charge is 0.253 e. The quantitative estimate of drug-likeness (QED) is 0.650. The molecule has 7 heteroatoms. The van der Waals surface area contributed by atoms with Crippen LogP contribution >= 0.6 is 11.6 Å². The normalized spacial score (nSPS) is 15.8. The Morgan fingerprint density at radius 2 is 1.86 bits per heavy atom. The van der Waals surface area contributed by atoms with E-state index in [1.54, 1.807) is 36.1 Å². The Kier molecular flexibility index (Phi) is 8.77. The second kappa shape index (κ2) is 11.1. The molecule has 6 nitrogen and oxygen atoms in total. The van der Waals surface area contributed by atoms with Crippen molar-refractivity contribution in [3.8, 4) is 0 Å². The van der Waals surface area contributed by atoms with Crippen molar-refractivity contribution in [2.75, 3.05) is 19.6 Å². The predicted molar refractivity (Wildman–Crippen MR) is 110 cm³/mol. The molecule has 1 heterocycles. The molecule has 0 spiro atoms. The first-order valence-electron chi connectivity index (χ1n) is 10.1. The lowest BCUT2D eigenvalue weighted by atomic mass is 9.95. The van der Waals surface area contributed by atoms with E-state index in [4.69, 9.17) is 11.6 Å². The van der Waals surface area contributed by atoms with Crippen LogP contribution in [0.15, 0.2) is 24.3 Å². The summed E-state index contributed by atoms with van der Waals surface area (Å²) in [6.45, 7) is 5.57. The van der Waals surface area contributed by atoms with E-state index in [-0.39, 0.29) is 23.6 Å². The molecule has 0 radical (unpaired) electrons. The van der Waals surface area contributed by atoms with E-state index in [0.717, 1.165) is 25.8 Å². The molecule has 154 valence electrons. The van der Waals surface area contributed by atoms with Crippen molar-refractivity contribution in [1.29, 1.82) is 0 Å². The third-order valence-corrected chi connectivity index (χ3v) is 5.42. The van der Waals surface area contributed by atoms with Crippen molar-refractivity contribution in [2.24, 2.45) is 5.92 Å². The molecule has 1 fully saturated rings. The van der Waals surface area contributed by atoms with E-state index >= 15 is 0 Å². The highest BCUT2D eigenvalue weighted by atomic mass is 35.5. The van der Waals surface area contributed by atoms with Gasteiger partial charge in [0.2, 0.25) is 11.8 Å². The van der Waals surface area contributed by atoms with Crippen molar-refractivity contribution in [3.05, 3.63) is 34.9 Å². The van der Waals surface area contributed by atoms with Crippen LogP contribution < -0.4 is 10.6 Å². The monoisotopic (exact) mass is 407 g/mol. The summed E-state index contributed by atoms with van der Waals surface area (Å²) >= 11 is 6.04. The maximum absolute atomic E-state index is 12.6. The Balaban J connectivity index is 1.78. The lowest BCUT2D eigenvalue weighted by molar-refractivity contribution is -0.136. The first-order chi connectivity index (χ1) is 13.4. The number of likely N-dealkylation sites (tertiary alicyclic amines) is 1. The van der Waals surface area contributed by atoms with Gasteiger partial charge in [-0.2, -0.15) is 0 Å². The van der Waals surface area contributed by atoms with Gasteiger partial charge in [0.1, 0.15) is 6.04 Å². The zero-order chi connectivity index (χ0) is 20.5. The summed E-state index contributed by atoms with van der Waals surface area (Å²) in [5.41, 5.74) is 0.349. The molecule has 2 N–H and O–H groups in total. The maximum Gasteiger partial charge on any atom is 0.253 e. The van der Waals surface area contributed by atoms with Gasteiger partial charge >= 0.3 is 0 Å². The van der Waals surface area contributed by atoms with Gasteiger partial charge in [-0.25, -0.2) is 0 Å². The average Bonchev–Trinajstić information content (AvgIpc) is 2.70. The SMILES string of the molecule is CCCCCNC(=O)C1CCN(C(=O)C(C)NC(=O)c2ccccc2Cl)CC1. The van der Waals surface area contributed by atoms with Crippen LogP contribution in [-0.2, 0) is 9.59 Å². The maximum atomic E-state index is 12.6. The van der Waals surface area contributed by atoms with Crippen molar-refractivity contribution in [3.63, 3.8) is 0 Å². The lowest BCUT2D eigenvalue weighted by Crippen LogP contribution is -2.50. The van der Waals surface area contributed by atoms with E-state index < -0.39 is 6.04 Å². The third kappa shape index (κ3) is 6.23. The van der Waals surface area contributed by atoms with Crippen LogP contribution in [0.4, 0.5) is 0 Å². The molecule has 1 unspecified atom stereocenters. The van der Waals surface area contributed by atoms with Crippen LogP contribution in [0.25, 0.3) is 0 Å². The van der Waals surface area contributed by atoms with Gasteiger partial charge in [-0.15, -0.1) is 0 Å². The highest BCUT2D eigenvalue weighted by Crippen LogP contribution is 2.19. The molecule has 1 aliphatic rings. The molecule has 2 rings (SSSR count). The Labute approximate surface area is 172 Å². The molecule has 3 amide bonds. The Hall–Kier alpha value is -2.08. The van der Waals surface area contributed by atoms with E-state index in [1.807, 2.05) is 0 Å². The fourth-order valence-electron chi connectivity index (χ4n) is 3.35. The van der Waals surface area contributed by atoms with Crippen molar-refractivity contribution < 1.29 is 14.4 Å². The minimum atomic E-state index is -0.650. The predicted octanol–water partition coefficient (Wildman–Crippen LogP) is 3.00. The first-order valence-corrected chi connectivity index (χ1v) is 10.4. The van der Waals surface area contributed by atoms with Crippen molar-refractivity contribution >= 4 is 29.3 Å². The second-order valence-electron chi connectivity index (χ2n) is 7.27. The number of hydrogen-bond donors (Lipinski definition) is 2. The summed E-state index contributed by atoms with van der Waals surface area (Å²) in [7, 11) is 0. The Morgan fingerprint density at radius 1 is 1.18 bits per heavy atom. The van der Waals surface area contributed by atoms with Gasteiger partial charge in [0.15, 0.2) is 0 Å². The van der Waals surface area contributed by atoms with Crippen LogP contribution in [0.5, 0.6) is 0 Å². The summed E-state index contributed by atoms with van der Waals surface area (Å²) in [5.74, 6) is -0.461. The van der Waals surface area contributed by atoms with Gasteiger partial charge in [-0.1, -0.05) is 43.5 Å². The fraction of sp³-hybridized carbons (Fsp3) is 0.571. The summed E-state index contributed by atoms with van der Waals surface area (Å²) in [6.07, 6.45) is 4.54. The molecule has 0 bridgehead atoms. The molecule has 1 aromatic carbocycles. The molecule has 0 aliphatic carbocycles. The number of unbranched alkanes of at least 4 members (excludes halogenated alkanes) is 2. The molecule has 0 aromatic heterocycles. The number of rotatable bonds is 8. The van der Waals surface area contributed by atoms with Gasteiger partial charge < -0.3 is 15.5 Å². The van der Waals surface area contributed by atoms with Crippen LogP contribution in [0, 0.1) is 5.92 Å². The van der Waals surface area contributed by atoms with Gasteiger partial charge in [-0.05, 0) is 38.3 Å². The number of amides is 3. The number of benzene rings is 1. The molecule has 0 saturated carbocycles. The summed E-state index contributed by atoms with van der Waals surface area (Å²) in [6, 6.07) is 6.09. The number of nitrogens with one attached hydrogen (secondary N) is 2. The zero-order valence-electron chi connectivity index (χ0n) is 16.7. The molecular weight excluding hydrogens is 378 g/mol. The van der Waals surface area contributed by atoms with Crippen LogP contribution in [-0.4, -0.2) is 48.3 Å². The number of carbonyl (C=O) groups is 3. The highest BCUT2D eigenvalue weighted by molar-refractivity contribution is 6.33. The van der Waals surface area contributed by atoms with Crippen molar-refractivity contribution in [1.82, 2.24) is 15.5 Å².